The predicted molar refractivity (Wildman–Crippen MR) is 148 cm³/mol. The molecule has 1 fully saturated rings. The Hall–Kier alpha value is -0.870. The highest BCUT2D eigenvalue weighted by Crippen LogP contribution is 2.43. The number of carbonyl (C=O) groups excluding carboxylic acids is 1. The highest BCUT2D eigenvalue weighted by molar-refractivity contribution is 5.76. The fourth-order valence-electron chi connectivity index (χ4n) is 5.39. The van der Waals surface area contributed by atoms with E-state index in [2.05, 4.69) is 13.8 Å². The summed E-state index contributed by atoms with van der Waals surface area (Å²) in [6, 6.07) is -0.00371. The summed E-state index contributed by atoms with van der Waals surface area (Å²) in [7, 11) is 1.95. The van der Waals surface area contributed by atoms with E-state index in [-0.39, 0.29) is 18.1 Å². The van der Waals surface area contributed by atoms with Gasteiger partial charge in [-0.15, -0.1) is 0 Å². The molecular weight excluding hydrogens is 434 g/mol. The van der Waals surface area contributed by atoms with Crippen LogP contribution in [0, 0.1) is 0 Å². The van der Waals surface area contributed by atoms with Crippen LogP contribution in [0.5, 0.6) is 0 Å². The summed E-state index contributed by atoms with van der Waals surface area (Å²) in [5.41, 5.74) is 3.02. The molecule has 4 heteroatoms. The van der Waals surface area contributed by atoms with Crippen LogP contribution < -0.4 is 0 Å². The first-order valence-electron chi connectivity index (χ1n) is 15.2. The third kappa shape index (κ3) is 11.8. The van der Waals surface area contributed by atoms with Gasteiger partial charge in [-0.3, -0.25) is 4.79 Å². The number of hydrogen-bond acceptors (Lipinski definition) is 3. The van der Waals surface area contributed by atoms with Crippen molar-refractivity contribution in [3.63, 3.8) is 0 Å². The van der Waals surface area contributed by atoms with E-state index in [0.29, 0.717) is 13.0 Å². The summed E-state index contributed by atoms with van der Waals surface area (Å²) in [4.78, 5) is 14.8. The molecule has 0 N–H and O–H groups in total. The maximum absolute atomic E-state index is 12.9. The van der Waals surface area contributed by atoms with Crippen LogP contribution in [0.15, 0.2) is 11.1 Å². The van der Waals surface area contributed by atoms with E-state index >= 15 is 0 Å². The zero-order valence-electron chi connectivity index (χ0n) is 24.0. The first-order chi connectivity index (χ1) is 16.9. The van der Waals surface area contributed by atoms with Gasteiger partial charge in [0, 0.05) is 13.5 Å². The molecule has 0 aromatic heterocycles. The van der Waals surface area contributed by atoms with Gasteiger partial charge in [0.1, 0.15) is 6.10 Å². The third-order valence-corrected chi connectivity index (χ3v) is 7.91. The normalized spacial score (nSPS) is 21.4. The van der Waals surface area contributed by atoms with Crippen LogP contribution in [0.3, 0.4) is 0 Å². The van der Waals surface area contributed by atoms with Crippen molar-refractivity contribution < 1.29 is 14.3 Å². The Kier molecular flexibility index (Phi) is 14.6. The molecule has 0 saturated carbocycles. The van der Waals surface area contributed by atoms with Crippen LogP contribution in [0.1, 0.15) is 150 Å². The van der Waals surface area contributed by atoms with Gasteiger partial charge in [0.15, 0.2) is 5.79 Å². The van der Waals surface area contributed by atoms with Crippen molar-refractivity contribution in [2.24, 2.45) is 0 Å². The Morgan fingerprint density at radius 1 is 0.829 bits per heavy atom. The van der Waals surface area contributed by atoms with Crippen molar-refractivity contribution in [3.05, 3.63) is 11.1 Å². The Labute approximate surface area is 217 Å². The van der Waals surface area contributed by atoms with Gasteiger partial charge in [-0.1, -0.05) is 109 Å². The van der Waals surface area contributed by atoms with Crippen molar-refractivity contribution in [1.82, 2.24) is 4.90 Å². The highest BCUT2D eigenvalue weighted by Gasteiger charge is 2.45. The predicted octanol–water partition coefficient (Wildman–Crippen LogP) is 8.73. The number of ether oxygens (including phenoxy) is 2. The van der Waals surface area contributed by atoms with Crippen LogP contribution in [-0.2, 0) is 14.3 Å². The van der Waals surface area contributed by atoms with E-state index in [9.17, 15) is 4.79 Å². The molecule has 0 radical (unpaired) electrons. The molecule has 0 aromatic carbocycles. The molecule has 1 saturated heterocycles. The molecule has 2 aliphatic rings. The summed E-state index contributed by atoms with van der Waals surface area (Å²) in [5.74, 6) is -0.348. The molecule has 1 aliphatic heterocycles. The monoisotopic (exact) mass is 491 g/mol. The number of unbranched alkanes of at least 4 members (excludes halogenated alkanes) is 14. The molecular formula is C31H57NO3. The van der Waals surface area contributed by atoms with E-state index in [4.69, 9.17) is 9.47 Å². The highest BCUT2D eigenvalue weighted by atomic mass is 16.7. The summed E-state index contributed by atoms with van der Waals surface area (Å²) in [6.07, 6.45) is 24.0. The molecule has 0 aromatic rings. The maximum Gasteiger partial charge on any atom is 0.222 e. The lowest BCUT2D eigenvalue weighted by atomic mass is 10.0. The van der Waals surface area contributed by atoms with Crippen molar-refractivity contribution in [2.75, 3.05) is 13.7 Å². The van der Waals surface area contributed by atoms with Crippen LogP contribution in [0.2, 0.25) is 0 Å². The number of rotatable bonds is 20. The van der Waals surface area contributed by atoms with E-state index in [0.717, 1.165) is 19.3 Å². The van der Waals surface area contributed by atoms with Gasteiger partial charge in [0.25, 0.3) is 0 Å². The Morgan fingerprint density at radius 3 is 1.91 bits per heavy atom. The van der Waals surface area contributed by atoms with Crippen LogP contribution in [0.4, 0.5) is 0 Å². The van der Waals surface area contributed by atoms with Gasteiger partial charge < -0.3 is 14.4 Å². The van der Waals surface area contributed by atoms with E-state index in [1.807, 2.05) is 25.8 Å². The second-order valence-electron chi connectivity index (χ2n) is 11.6. The Morgan fingerprint density at radius 2 is 1.34 bits per heavy atom. The van der Waals surface area contributed by atoms with Crippen LogP contribution in [-0.4, -0.2) is 42.4 Å². The van der Waals surface area contributed by atoms with Gasteiger partial charge in [-0.25, -0.2) is 0 Å². The molecule has 0 unspecified atom stereocenters. The SMILES string of the molecule is CCCCCCCCCCCCCC1=C([C@H]2OC(C)(C)OC[C@@H]2N(C)C(=O)CCCCCCC)C1. The summed E-state index contributed by atoms with van der Waals surface area (Å²) in [6.45, 7) is 9.07. The van der Waals surface area contributed by atoms with Gasteiger partial charge in [0.05, 0.1) is 12.6 Å². The standard InChI is InChI=1S/C31H57NO3/c1-6-8-10-12-13-14-15-16-17-19-20-22-26-24-27(26)30-28(25-34-31(3,4)35-30)32(5)29(33)23-21-18-11-9-7-2/h28,30H,6-25H2,1-5H3/t28-,30+/m0/s1. The molecule has 35 heavy (non-hydrogen) atoms. The zero-order chi connectivity index (χ0) is 25.5. The first-order valence-corrected chi connectivity index (χ1v) is 15.2. The molecule has 2 atom stereocenters. The minimum Gasteiger partial charge on any atom is -0.348 e. The largest absolute Gasteiger partial charge is 0.348 e. The zero-order valence-corrected chi connectivity index (χ0v) is 24.0. The summed E-state index contributed by atoms with van der Waals surface area (Å²) < 4.78 is 12.4. The molecule has 1 amide bonds. The number of amides is 1. The van der Waals surface area contributed by atoms with Gasteiger partial charge in [-0.2, -0.15) is 0 Å². The van der Waals surface area contributed by atoms with E-state index in [1.165, 1.54) is 102 Å². The summed E-state index contributed by atoms with van der Waals surface area (Å²) >= 11 is 0. The third-order valence-electron chi connectivity index (χ3n) is 7.91. The fourth-order valence-corrected chi connectivity index (χ4v) is 5.39. The van der Waals surface area contributed by atoms with Crippen molar-refractivity contribution in [1.29, 1.82) is 0 Å². The number of allylic oxidation sites excluding steroid dienone is 1. The van der Waals surface area contributed by atoms with Gasteiger partial charge >= 0.3 is 0 Å². The number of nitrogens with zero attached hydrogens (tertiary/aromatic N) is 1. The fraction of sp³-hybridized carbons (Fsp3) is 0.903. The number of hydrogen-bond donors (Lipinski definition) is 0. The Balaban J connectivity index is 1.71. The number of likely N-dealkylation sites (N-methyl/N-ethyl adjacent to an activating group) is 1. The molecule has 204 valence electrons. The Bertz CT molecular complexity index is 627. The average Bonchev–Trinajstić information content (AvgIpc) is 3.61. The van der Waals surface area contributed by atoms with Crippen LogP contribution >= 0.6 is 0 Å². The van der Waals surface area contributed by atoms with Crippen molar-refractivity contribution in [3.8, 4) is 0 Å². The smallest absolute Gasteiger partial charge is 0.222 e. The molecule has 1 aliphatic carbocycles. The van der Waals surface area contributed by atoms with Gasteiger partial charge in [0.2, 0.25) is 5.91 Å². The lowest BCUT2D eigenvalue weighted by molar-refractivity contribution is -0.282. The quantitative estimate of drug-likeness (QED) is 0.126. The number of carbonyl (C=O) groups is 1. The second-order valence-corrected chi connectivity index (χ2v) is 11.6. The summed E-state index contributed by atoms with van der Waals surface area (Å²) in [5, 5.41) is 0. The minimum atomic E-state index is -0.581. The van der Waals surface area contributed by atoms with Gasteiger partial charge in [-0.05, 0) is 45.1 Å². The molecule has 2 rings (SSSR count). The average molecular weight is 492 g/mol. The van der Waals surface area contributed by atoms with Crippen LogP contribution in [0.25, 0.3) is 0 Å². The van der Waals surface area contributed by atoms with Crippen molar-refractivity contribution in [2.45, 2.75) is 168 Å². The second kappa shape index (κ2) is 16.8. The molecule has 0 bridgehead atoms. The molecule has 0 spiro atoms. The molecule has 1 heterocycles. The minimum absolute atomic E-state index is 0.00371. The van der Waals surface area contributed by atoms with E-state index in [1.54, 1.807) is 5.57 Å². The topological polar surface area (TPSA) is 38.8 Å². The molecule has 4 nitrogen and oxygen atoms in total. The van der Waals surface area contributed by atoms with E-state index < -0.39 is 5.79 Å². The van der Waals surface area contributed by atoms with Crippen molar-refractivity contribution >= 4 is 5.91 Å². The lowest BCUT2D eigenvalue weighted by Crippen LogP contribution is -2.56. The maximum atomic E-state index is 12.9. The first kappa shape index (κ1) is 30.4. The lowest BCUT2D eigenvalue weighted by Gasteiger charge is -2.44.